The van der Waals surface area contributed by atoms with E-state index in [1.807, 2.05) is 24.3 Å². The molecule has 0 radical (unpaired) electrons. The lowest BCUT2D eigenvalue weighted by Gasteiger charge is -2.05. The molecule has 0 unspecified atom stereocenters. The van der Waals surface area contributed by atoms with Gasteiger partial charge in [0.2, 0.25) is 11.8 Å². The van der Waals surface area contributed by atoms with Crippen molar-refractivity contribution in [3.8, 4) is 5.88 Å². The van der Waals surface area contributed by atoms with Gasteiger partial charge in [-0.15, -0.1) is 0 Å². The summed E-state index contributed by atoms with van der Waals surface area (Å²) in [5.74, 6) is -0.456. The third-order valence-corrected chi connectivity index (χ3v) is 4.02. The second-order valence-corrected chi connectivity index (χ2v) is 5.97. The number of aryl methyl sites for hydroxylation is 2. The van der Waals surface area contributed by atoms with E-state index >= 15 is 0 Å². The van der Waals surface area contributed by atoms with Gasteiger partial charge in [0.1, 0.15) is 0 Å². The molecule has 2 aromatic rings. The van der Waals surface area contributed by atoms with Gasteiger partial charge in [-0.1, -0.05) is 36.5 Å². The number of carbonyl (C=O) groups excluding carboxylic acids is 2. The van der Waals surface area contributed by atoms with Gasteiger partial charge in [-0.3, -0.25) is 9.59 Å². The molecule has 116 valence electrons. The van der Waals surface area contributed by atoms with Gasteiger partial charge in [-0.2, -0.15) is 0 Å². The van der Waals surface area contributed by atoms with E-state index in [-0.39, 0.29) is 11.8 Å². The van der Waals surface area contributed by atoms with Crippen LogP contribution in [-0.4, -0.2) is 16.4 Å². The number of benzene rings is 1. The summed E-state index contributed by atoms with van der Waals surface area (Å²) in [6.07, 6.45) is 0.848. The maximum Gasteiger partial charge on any atom is 0.309 e. The van der Waals surface area contributed by atoms with Crippen LogP contribution in [-0.2, 0) is 11.2 Å². The molecule has 1 aromatic carbocycles. The van der Waals surface area contributed by atoms with E-state index in [0.717, 1.165) is 22.5 Å². The van der Waals surface area contributed by atoms with Crippen LogP contribution in [0.3, 0.4) is 0 Å². The largest absolute Gasteiger partial charge is 0.408 e. The van der Waals surface area contributed by atoms with Crippen molar-refractivity contribution in [1.82, 2.24) is 4.57 Å². The molecule has 6 heteroatoms. The lowest BCUT2D eigenvalue weighted by molar-refractivity contribution is -0.132. The first-order chi connectivity index (χ1) is 10.4. The van der Waals surface area contributed by atoms with E-state index in [9.17, 15) is 9.59 Å². The average Bonchev–Trinajstić information content (AvgIpc) is 2.75. The molecule has 0 saturated heterocycles. The summed E-state index contributed by atoms with van der Waals surface area (Å²) in [7, 11) is 0. The van der Waals surface area contributed by atoms with Crippen LogP contribution in [0.4, 0.5) is 5.69 Å². The van der Waals surface area contributed by atoms with E-state index in [4.69, 9.17) is 4.74 Å². The molecule has 0 atom stereocenters. The number of para-hydroxylation sites is 1. The van der Waals surface area contributed by atoms with E-state index in [1.54, 1.807) is 6.92 Å². The molecule has 1 heterocycles. The highest BCUT2D eigenvalue weighted by Gasteiger charge is 2.17. The van der Waals surface area contributed by atoms with Gasteiger partial charge in [0.25, 0.3) is 0 Å². The van der Waals surface area contributed by atoms with Crippen molar-refractivity contribution >= 4 is 28.9 Å². The number of thiazole rings is 1. The Hall–Kier alpha value is -2.21. The predicted molar refractivity (Wildman–Crippen MR) is 85.7 cm³/mol. The number of rotatable bonds is 3. The molecule has 0 saturated carbocycles. The molecular formula is C16H18N2O3S. The molecule has 0 amide bonds. The average molecular weight is 318 g/mol. The lowest BCUT2D eigenvalue weighted by Crippen LogP contribution is -2.22. The molecule has 0 aliphatic heterocycles. The Morgan fingerprint density at radius 2 is 1.95 bits per heavy atom. The summed E-state index contributed by atoms with van der Waals surface area (Å²) in [5.41, 5.74) is 1.91. The zero-order chi connectivity index (χ0) is 16.3. The van der Waals surface area contributed by atoms with Crippen LogP contribution in [0.25, 0.3) is 0 Å². The minimum absolute atomic E-state index is 0.242. The zero-order valence-electron chi connectivity index (χ0n) is 13.0. The van der Waals surface area contributed by atoms with Crippen LogP contribution >= 0.6 is 11.3 Å². The second kappa shape index (κ2) is 6.70. The van der Waals surface area contributed by atoms with Crippen molar-refractivity contribution in [2.75, 3.05) is 0 Å². The van der Waals surface area contributed by atoms with Crippen molar-refractivity contribution in [3.63, 3.8) is 0 Å². The molecule has 0 bridgehead atoms. The molecular weight excluding hydrogens is 300 g/mol. The van der Waals surface area contributed by atoms with Crippen molar-refractivity contribution in [1.29, 1.82) is 0 Å². The molecule has 0 aliphatic rings. The summed E-state index contributed by atoms with van der Waals surface area (Å²) in [4.78, 5) is 29.0. The molecule has 22 heavy (non-hydrogen) atoms. The molecule has 5 nitrogen and oxygen atoms in total. The summed E-state index contributed by atoms with van der Waals surface area (Å²) < 4.78 is 6.51. The SMILES string of the molecule is CCc1ccccc1N=c1sc(C)c(OC(C)=O)n1C(C)=O. The fourth-order valence-electron chi connectivity index (χ4n) is 2.10. The van der Waals surface area contributed by atoms with Gasteiger partial charge in [0, 0.05) is 13.8 Å². The topological polar surface area (TPSA) is 60.7 Å². The van der Waals surface area contributed by atoms with Crippen molar-refractivity contribution in [2.24, 2.45) is 4.99 Å². The molecule has 0 fully saturated rings. The fourth-order valence-corrected chi connectivity index (χ4v) is 3.04. The van der Waals surface area contributed by atoms with Crippen molar-refractivity contribution in [2.45, 2.75) is 34.1 Å². The minimum Gasteiger partial charge on any atom is -0.408 e. The Kier molecular flexibility index (Phi) is 4.92. The number of ether oxygens (including phenoxy) is 1. The first-order valence-corrected chi connectivity index (χ1v) is 7.80. The Balaban J connectivity index is 2.67. The second-order valence-electron chi connectivity index (χ2n) is 4.79. The monoisotopic (exact) mass is 318 g/mol. The first-order valence-electron chi connectivity index (χ1n) is 6.98. The van der Waals surface area contributed by atoms with Crippen molar-refractivity contribution in [3.05, 3.63) is 39.5 Å². The molecule has 0 spiro atoms. The van der Waals surface area contributed by atoms with Crippen LogP contribution in [0.5, 0.6) is 5.88 Å². The molecule has 1 aromatic heterocycles. The minimum atomic E-state index is -0.462. The first kappa shape index (κ1) is 16.2. The van der Waals surface area contributed by atoms with Crippen LogP contribution in [0.15, 0.2) is 29.3 Å². The van der Waals surface area contributed by atoms with Crippen LogP contribution in [0.1, 0.15) is 36.0 Å². The van der Waals surface area contributed by atoms with Crippen LogP contribution < -0.4 is 9.54 Å². The zero-order valence-corrected chi connectivity index (χ0v) is 13.9. The summed E-state index contributed by atoms with van der Waals surface area (Å²) in [6.45, 7) is 6.58. The normalized spacial score (nSPS) is 11.5. The van der Waals surface area contributed by atoms with Gasteiger partial charge in [0.15, 0.2) is 4.80 Å². The number of nitrogens with zero attached hydrogens (tertiary/aromatic N) is 2. The third kappa shape index (κ3) is 3.33. The fraction of sp³-hybridized carbons (Fsp3) is 0.312. The van der Waals surface area contributed by atoms with Crippen molar-refractivity contribution < 1.29 is 14.3 Å². The number of esters is 1. The Bertz CT molecular complexity index is 787. The Morgan fingerprint density at radius 1 is 1.27 bits per heavy atom. The number of carbonyl (C=O) groups is 2. The van der Waals surface area contributed by atoms with Gasteiger partial charge in [-0.25, -0.2) is 9.56 Å². The highest BCUT2D eigenvalue weighted by atomic mass is 32.1. The Labute approximate surface area is 132 Å². The van der Waals surface area contributed by atoms with E-state index in [2.05, 4.69) is 11.9 Å². The van der Waals surface area contributed by atoms with Crippen LogP contribution in [0, 0.1) is 6.92 Å². The quantitative estimate of drug-likeness (QED) is 0.816. The smallest absolute Gasteiger partial charge is 0.309 e. The van der Waals surface area contributed by atoms with Gasteiger partial charge in [-0.05, 0) is 25.0 Å². The Morgan fingerprint density at radius 3 is 2.55 bits per heavy atom. The standard InChI is InChI=1S/C16H18N2O3S/c1-5-13-8-6-7-9-14(13)17-16-18(11(3)19)15(10(2)22-16)21-12(4)20/h6-9H,5H2,1-4H3. The summed E-state index contributed by atoms with van der Waals surface area (Å²) in [5, 5.41) is 0. The van der Waals surface area contributed by atoms with Gasteiger partial charge >= 0.3 is 5.97 Å². The lowest BCUT2D eigenvalue weighted by atomic mass is 10.1. The van der Waals surface area contributed by atoms with Gasteiger partial charge in [0.05, 0.1) is 10.6 Å². The molecule has 0 aliphatic carbocycles. The molecule has 0 N–H and O–H groups in total. The third-order valence-electron chi connectivity index (χ3n) is 3.08. The van der Waals surface area contributed by atoms with E-state index in [1.165, 1.54) is 29.8 Å². The number of aromatic nitrogens is 1. The van der Waals surface area contributed by atoms with E-state index < -0.39 is 5.97 Å². The predicted octanol–water partition coefficient (Wildman–Crippen LogP) is 3.24. The van der Waals surface area contributed by atoms with Crippen LogP contribution in [0.2, 0.25) is 0 Å². The summed E-state index contributed by atoms with van der Waals surface area (Å²) in [6, 6.07) is 7.78. The maximum atomic E-state index is 11.9. The van der Waals surface area contributed by atoms with Gasteiger partial charge < -0.3 is 4.74 Å². The number of hydrogen-bond donors (Lipinski definition) is 0. The number of hydrogen-bond acceptors (Lipinski definition) is 5. The maximum absolute atomic E-state index is 11.9. The summed E-state index contributed by atoms with van der Waals surface area (Å²) >= 11 is 1.32. The molecule has 2 rings (SSSR count). The highest BCUT2D eigenvalue weighted by Crippen LogP contribution is 2.23. The van der Waals surface area contributed by atoms with E-state index in [0.29, 0.717) is 4.80 Å². The highest BCUT2D eigenvalue weighted by molar-refractivity contribution is 7.09.